The number of hydrogen-bond donors (Lipinski definition) is 2. The van der Waals surface area contributed by atoms with Crippen molar-refractivity contribution in [3.63, 3.8) is 0 Å². The first-order valence-corrected chi connectivity index (χ1v) is 11.5. The Balaban J connectivity index is 1.41. The minimum Gasteiger partial charge on any atom is -0.451 e. The van der Waals surface area contributed by atoms with Gasteiger partial charge in [-0.15, -0.1) is 0 Å². The molecule has 4 aromatic rings. The number of benzene rings is 3. The monoisotopic (exact) mass is 481 g/mol. The molecule has 8 heteroatoms. The van der Waals surface area contributed by atoms with Crippen LogP contribution in [0.25, 0.3) is 11.4 Å². The predicted molar refractivity (Wildman–Crippen MR) is 126 cm³/mol. The Labute approximate surface area is 200 Å². The molecule has 0 radical (unpaired) electrons. The molecular weight excluding hydrogens is 458 g/mol. The highest BCUT2D eigenvalue weighted by Gasteiger charge is 2.24. The summed E-state index contributed by atoms with van der Waals surface area (Å²) in [6, 6.07) is 10.2. The van der Waals surface area contributed by atoms with E-state index in [-0.39, 0.29) is 29.4 Å². The summed E-state index contributed by atoms with van der Waals surface area (Å²) in [7, 11) is 0. The van der Waals surface area contributed by atoms with Crippen LogP contribution in [0.15, 0.2) is 48.7 Å². The molecule has 1 aromatic heterocycles. The maximum absolute atomic E-state index is 14.8. The summed E-state index contributed by atoms with van der Waals surface area (Å²) in [5, 5.41) is 2.92. The summed E-state index contributed by atoms with van der Waals surface area (Å²) in [6.07, 6.45) is 3.68. The molecule has 2 N–H and O–H groups in total. The normalized spacial score (nSPS) is 12.5. The van der Waals surface area contributed by atoms with Gasteiger partial charge in [-0.1, -0.05) is 31.5 Å². The van der Waals surface area contributed by atoms with Crippen LogP contribution >= 0.6 is 0 Å². The molecule has 0 atom stereocenters. The largest absolute Gasteiger partial charge is 0.451 e. The Morgan fingerprint density at radius 3 is 2.63 bits per heavy atom. The summed E-state index contributed by atoms with van der Waals surface area (Å²) in [6.45, 7) is 2.51. The average molecular weight is 481 g/mol. The number of imidazole rings is 1. The van der Waals surface area contributed by atoms with Crippen molar-refractivity contribution in [2.45, 2.75) is 32.6 Å². The molecule has 3 aromatic carbocycles. The van der Waals surface area contributed by atoms with Crippen LogP contribution in [0.2, 0.25) is 0 Å². The minimum atomic E-state index is -0.853. The van der Waals surface area contributed by atoms with Crippen molar-refractivity contribution in [1.29, 1.82) is 0 Å². The first kappa shape index (κ1) is 23.0. The average Bonchev–Trinajstić information content (AvgIpc) is 3.50. The van der Waals surface area contributed by atoms with Crippen molar-refractivity contribution in [3.8, 4) is 22.9 Å². The standard InChI is InChI=1S/C27H23F4N3O/c1-2-4-15-5-3-6-16(24(15)30)11-17-14-33-27(34-17)20-12-18(7-8-21(20)28)35-26-22(29)13-23-19(25(26)31)9-10-32-23/h3,5-8,12-14,32H,2,4,9-11H2,1H3,(H,33,34). The highest BCUT2D eigenvalue weighted by Crippen LogP contribution is 2.37. The van der Waals surface area contributed by atoms with Crippen molar-refractivity contribution in [1.82, 2.24) is 9.97 Å². The molecule has 5 rings (SSSR count). The number of aryl methyl sites for hydroxylation is 1. The fourth-order valence-corrected chi connectivity index (χ4v) is 4.35. The van der Waals surface area contributed by atoms with Gasteiger partial charge in [0.2, 0.25) is 0 Å². The van der Waals surface area contributed by atoms with Gasteiger partial charge in [-0.2, -0.15) is 0 Å². The zero-order valence-corrected chi connectivity index (χ0v) is 19.0. The number of H-pyrrole nitrogens is 1. The second-order valence-corrected chi connectivity index (χ2v) is 8.52. The van der Waals surface area contributed by atoms with E-state index in [0.29, 0.717) is 47.5 Å². The van der Waals surface area contributed by atoms with Gasteiger partial charge in [0, 0.05) is 42.2 Å². The third-order valence-electron chi connectivity index (χ3n) is 6.07. The van der Waals surface area contributed by atoms with Gasteiger partial charge in [0.05, 0.1) is 5.56 Å². The van der Waals surface area contributed by atoms with E-state index in [9.17, 15) is 17.6 Å². The molecule has 0 bridgehead atoms. The molecule has 2 heterocycles. The molecule has 0 aliphatic carbocycles. The van der Waals surface area contributed by atoms with Crippen LogP contribution in [0.5, 0.6) is 11.5 Å². The van der Waals surface area contributed by atoms with E-state index >= 15 is 0 Å². The van der Waals surface area contributed by atoms with Crippen molar-refractivity contribution < 1.29 is 22.3 Å². The Morgan fingerprint density at radius 1 is 0.971 bits per heavy atom. The van der Waals surface area contributed by atoms with Gasteiger partial charge in [-0.25, -0.2) is 22.5 Å². The highest BCUT2D eigenvalue weighted by atomic mass is 19.1. The zero-order chi connectivity index (χ0) is 24.5. The van der Waals surface area contributed by atoms with E-state index in [1.165, 1.54) is 24.4 Å². The lowest BCUT2D eigenvalue weighted by Gasteiger charge is -2.12. The van der Waals surface area contributed by atoms with E-state index in [0.717, 1.165) is 12.5 Å². The van der Waals surface area contributed by atoms with Gasteiger partial charge in [-0.3, -0.25) is 0 Å². The number of ether oxygens (including phenoxy) is 1. The minimum absolute atomic E-state index is 0.0568. The van der Waals surface area contributed by atoms with Gasteiger partial charge in [0.1, 0.15) is 23.2 Å². The van der Waals surface area contributed by atoms with Crippen molar-refractivity contribution in [2.24, 2.45) is 0 Å². The summed E-state index contributed by atoms with van der Waals surface area (Å²) in [5.74, 6) is -2.74. The molecule has 0 saturated carbocycles. The number of rotatable bonds is 7. The first-order valence-electron chi connectivity index (χ1n) is 11.5. The van der Waals surface area contributed by atoms with Crippen LogP contribution in [-0.2, 0) is 19.3 Å². The summed E-state index contributed by atoms with van der Waals surface area (Å²) in [5.41, 5.74) is 2.60. The number of nitrogens with one attached hydrogen (secondary N) is 2. The summed E-state index contributed by atoms with van der Waals surface area (Å²) < 4.78 is 64.2. The highest BCUT2D eigenvalue weighted by molar-refractivity contribution is 5.61. The molecule has 180 valence electrons. The number of anilines is 1. The first-order chi connectivity index (χ1) is 16.9. The van der Waals surface area contributed by atoms with Crippen LogP contribution in [0.4, 0.5) is 23.2 Å². The fourth-order valence-electron chi connectivity index (χ4n) is 4.35. The molecule has 1 aliphatic rings. The van der Waals surface area contributed by atoms with Gasteiger partial charge in [0.25, 0.3) is 0 Å². The Hall–Kier alpha value is -3.81. The second-order valence-electron chi connectivity index (χ2n) is 8.52. The molecule has 35 heavy (non-hydrogen) atoms. The Bertz CT molecular complexity index is 1400. The van der Waals surface area contributed by atoms with Crippen LogP contribution in [0.1, 0.15) is 35.7 Å². The topological polar surface area (TPSA) is 49.9 Å². The van der Waals surface area contributed by atoms with Gasteiger partial charge in [0.15, 0.2) is 17.4 Å². The van der Waals surface area contributed by atoms with Gasteiger partial charge < -0.3 is 15.0 Å². The number of fused-ring (bicyclic) bond motifs is 1. The second kappa shape index (κ2) is 9.44. The van der Waals surface area contributed by atoms with E-state index in [1.807, 2.05) is 13.0 Å². The molecule has 0 saturated heterocycles. The predicted octanol–water partition coefficient (Wildman–Crippen LogP) is 6.94. The van der Waals surface area contributed by atoms with Crippen molar-refractivity contribution in [2.75, 3.05) is 11.9 Å². The molecule has 0 unspecified atom stereocenters. The fraction of sp³-hybridized carbons (Fsp3) is 0.222. The Morgan fingerprint density at radius 2 is 1.80 bits per heavy atom. The lowest BCUT2D eigenvalue weighted by Crippen LogP contribution is -1.99. The van der Waals surface area contributed by atoms with E-state index in [1.54, 1.807) is 12.1 Å². The Kier molecular flexibility index (Phi) is 6.19. The molecule has 0 amide bonds. The SMILES string of the molecule is CCCc1cccc(Cc2cnc(-c3cc(Oc4c(F)cc5c(c4F)CCN5)ccc3F)[nH]2)c1F. The molecule has 0 spiro atoms. The van der Waals surface area contributed by atoms with Gasteiger partial charge in [-0.05, 0) is 42.2 Å². The number of aromatic amines is 1. The van der Waals surface area contributed by atoms with E-state index < -0.39 is 23.2 Å². The maximum Gasteiger partial charge on any atom is 0.199 e. The third kappa shape index (κ3) is 4.48. The number of halogens is 4. The van der Waals surface area contributed by atoms with Crippen molar-refractivity contribution >= 4 is 5.69 Å². The third-order valence-corrected chi connectivity index (χ3v) is 6.07. The van der Waals surface area contributed by atoms with Crippen LogP contribution in [-0.4, -0.2) is 16.5 Å². The molecule has 0 fully saturated rings. The van der Waals surface area contributed by atoms with E-state index in [2.05, 4.69) is 15.3 Å². The quantitative estimate of drug-likeness (QED) is 0.281. The maximum atomic E-state index is 14.8. The van der Waals surface area contributed by atoms with E-state index in [4.69, 9.17) is 4.74 Å². The number of nitrogens with zero attached hydrogens (tertiary/aromatic N) is 1. The number of aromatic nitrogens is 2. The molecule has 4 nitrogen and oxygen atoms in total. The van der Waals surface area contributed by atoms with Crippen LogP contribution < -0.4 is 10.1 Å². The molecular formula is C27H23F4N3O. The smallest absolute Gasteiger partial charge is 0.199 e. The van der Waals surface area contributed by atoms with Crippen molar-refractivity contribution in [3.05, 3.63) is 94.3 Å². The number of hydrogen-bond acceptors (Lipinski definition) is 3. The van der Waals surface area contributed by atoms with Crippen LogP contribution in [0.3, 0.4) is 0 Å². The van der Waals surface area contributed by atoms with Crippen LogP contribution in [0, 0.1) is 23.3 Å². The zero-order valence-electron chi connectivity index (χ0n) is 19.0. The van der Waals surface area contributed by atoms with Gasteiger partial charge >= 0.3 is 0 Å². The summed E-state index contributed by atoms with van der Waals surface area (Å²) >= 11 is 0. The lowest BCUT2D eigenvalue weighted by molar-refractivity contribution is 0.405. The lowest BCUT2D eigenvalue weighted by atomic mass is 10.0. The summed E-state index contributed by atoms with van der Waals surface area (Å²) in [4.78, 5) is 7.25. The molecule has 1 aliphatic heterocycles.